The average molecular weight is 1490 g/mol. The van der Waals surface area contributed by atoms with Gasteiger partial charge in [0.25, 0.3) is 0 Å². The monoisotopic (exact) mass is 1490 g/mol. The van der Waals surface area contributed by atoms with Gasteiger partial charge < -0.3 is 33.8 Å². The Kier molecular flexibility index (Phi) is 75.8. The van der Waals surface area contributed by atoms with E-state index in [9.17, 15) is 43.2 Å². The summed E-state index contributed by atoms with van der Waals surface area (Å²) in [5.74, 6) is -2.10. The first-order chi connectivity index (χ1) is 49.7. The Labute approximate surface area is 626 Å². The van der Waals surface area contributed by atoms with Gasteiger partial charge in [0.1, 0.15) is 19.3 Å². The number of rotatable bonds is 84. The Bertz CT molecular complexity index is 1930. The predicted octanol–water partition coefficient (Wildman–Crippen LogP) is 25.4. The van der Waals surface area contributed by atoms with Gasteiger partial charge in [0.2, 0.25) is 0 Å². The molecule has 2 unspecified atom stereocenters. The topological polar surface area (TPSA) is 237 Å². The second-order valence-corrected chi connectivity index (χ2v) is 32.8. The van der Waals surface area contributed by atoms with E-state index >= 15 is 0 Å². The first kappa shape index (κ1) is 100. The van der Waals surface area contributed by atoms with Crippen LogP contribution in [0.1, 0.15) is 451 Å². The van der Waals surface area contributed by atoms with Gasteiger partial charge in [-0.3, -0.25) is 37.3 Å². The fourth-order valence-corrected chi connectivity index (χ4v) is 14.6. The lowest BCUT2D eigenvalue weighted by Gasteiger charge is -2.21. The number of phosphoric acid groups is 2. The second kappa shape index (κ2) is 77.2. The van der Waals surface area contributed by atoms with E-state index in [2.05, 4.69) is 27.7 Å². The van der Waals surface area contributed by atoms with Gasteiger partial charge in [-0.2, -0.15) is 0 Å². The Morgan fingerprint density at radius 3 is 0.578 bits per heavy atom. The van der Waals surface area contributed by atoms with Gasteiger partial charge in [-0.15, -0.1) is 0 Å². The summed E-state index contributed by atoms with van der Waals surface area (Å²) in [5, 5.41) is 10.6. The molecule has 0 aromatic rings. The summed E-state index contributed by atoms with van der Waals surface area (Å²) in [4.78, 5) is 73.0. The van der Waals surface area contributed by atoms with Crippen LogP contribution in [0, 0.1) is 0 Å². The van der Waals surface area contributed by atoms with Crippen molar-refractivity contribution in [1.29, 1.82) is 0 Å². The van der Waals surface area contributed by atoms with E-state index in [1.165, 1.54) is 283 Å². The number of aliphatic hydroxyl groups is 1. The van der Waals surface area contributed by atoms with Gasteiger partial charge >= 0.3 is 39.5 Å². The number of unbranched alkanes of at least 4 members (excludes halogenated alkanes) is 58. The molecule has 606 valence electrons. The van der Waals surface area contributed by atoms with Crippen molar-refractivity contribution in [2.75, 3.05) is 39.6 Å². The third-order valence-electron chi connectivity index (χ3n) is 19.6. The van der Waals surface area contributed by atoms with E-state index in [1.807, 2.05) is 0 Å². The molecular weight excluding hydrogens is 1330 g/mol. The number of aliphatic hydroxyl groups excluding tert-OH is 1. The molecule has 3 N–H and O–H groups in total. The number of carbonyl (C=O) groups is 4. The van der Waals surface area contributed by atoms with Crippen LogP contribution < -0.4 is 0 Å². The highest BCUT2D eigenvalue weighted by Gasteiger charge is 2.30. The molecule has 0 saturated heterocycles. The zero-order valence-corrected chi connectivity index (χ0v) is 68.4. The lowest BCUT2D eigenvalue weighted by Crippen LogP contribution is -2.30. The Hall–Kier alpha value is -1.94. The van der Waals surface area contributed by atoms with Crippen LogP contribution in [0.25, 0.3) is 0 Å². The lowest BCUT2D eigenvalue weighted by atomic mass is 10.0. The van der Waals surface area contributed by atoms with E-state index in [0.29, 0.717) is 25.7 Å². The maximum atomic E-state index is 13.1. The van der Waals surface area contributed by atoms with Crippen LogP contribution >= 0.6 is 15.6 Å². The third kappa shape index (κ3) is 76.3. The average Bonchev–Trinajstić information content (AvgIpc) is 1.27. The summed E-state index contributed by atoms with van der Waals surface area (Å²) < 4.78 is 68.7. The minimum Gasteiger partial charge on any atom is -0.462 e. The first-order valence-corrected chi connectivity index (χ1v) is 46.3. The number of ether oxygens (including phenoxy) is 4. The van der Waals surface area contributed by atoms with Crippen molar-refractivity contribution in [3.05, 3.63) is 0 Å². The van der Waals surface area contributed by atoms with Crippen LogP contribution in [0.4, 0.5) is 0 Å². The smallest absolute Gasteiger partial charge is 0.462 e. The van der Waals surface area contributed by atoms with Gasteiger partial charge in [0, 0.05) is 25.7 Å². The Morgan fingerprint density at radius 2 is 0.392 bits per heavy atom. The molecule has 0 rings (SSSR count). The Morgan fingerprint density at radius 1 is 0.235 bits per heavy atom. The van der Waals surface area contributed by atoms with Crippen LogP contribution in [0.2, 0.25) is 0 Å². The summed E-state index contributed by atoms with van der Waals surface area (Å²) in [6.45, 7) is 5.02. The molecule has 0 aromatic carbocycles. The third-order valence-corrected chi connectivity index (χ3v) is 21.5. The number of hydrogen-bond donors (Lipinski definition) is 3. The zero-order valence-electron chi connectivity index (χ0n) is 66.6. The second-order valence-electron chi connectivity index (χ2n) is 29.9. The molecule has 5 atom stereocenters. The van der Waals surface area contributed by atoms with Crippen LogP contribution in [-0.2, 0) is 65.4 Å². The minimum absolute atomic E-state index is 0.108. The normalized spacial score (nSPS) is 13.8. The van der Waals surface area contributed by atoms with Gasteiger partial charge in [-0.25, -0.2) is 9.13 Å². The quantitative estimate of drug-likeness (QED) is 0.0222. The Balaban J connectivity index is 5.19. The van der Waals surface area contributed by atoms with Crippen molar-refractivity contribution in [3.8, 4) is 0 Å². The molecule has 0 saturated carbocycles. The molecule has 17 nitrogen and oxygen atoms in total. The number of phosphoric ester groups is 2. The molecule has 0 amide bonds. The number of esters is 4. The van der Waals surface area contributed by atoms with E-state index in [0.717, 1.165) is 89.9 Å². The molecule has 0 radical (unpaired) electrons. The van der Waals surface area contributed by atoms with E-state index in [-0.39, 0.29) is 25.7 Å². The van der Waals surface area contributed by atoms with Crippen molar-refractivity contribution < 1.29 is 80.2 Å². The molecule has 0 aromatic heterocycles. The van der Waals surface area contributed by atoms with Crippen molar-refractivity contribution in [2.45, 2.75) is 470 Å². The van der Waals surface area contributed by atoms with E-state index < -0.39 is 97.5 Å². The highest BCUT2D eigenvalue weighted by atomic mass is 31.2. The minimum atomic E-state index is -4.96. The summed E-state index contributed by atoms with van der Waals surface area (Å²) in [6, 6.07) is 0. The highest BCUT2D eigenvalue weighted by molar-refractivity contribution is 7.47. The standard InChI is InChI=1S/C83H162O17P2/c1-5-9-13-17-21-25-29-32-34-36-38-39-40-41-43-45-47-50-54-58-62-66-70-83(88)100-79(74-94-81(86)68-64-60-56-52-49-46-44-42-37-35-33-30-26-22-18-14-10-6-2)76-98-102(91,92)96-72-77(84)71-95-101(89,90)97-75-78(73-93-80(85)67-63-59-55-51-28-24-20-16-12-8-4)99-82(87)69-65-61-57-53-48-31-27-23-19-15-11-7-3/h77-79,84H,5-76H2,1-4H3,(H,89,90)(H,91,92)/t77-,78+,79+/m0/s1. The van der Waals surface area contributed by atoms with Crippen molar-refractivity contribution in [1.82, 2.24) is 0 Å². The first-order valence-electron chi connectivity index (χ1n) is 43.3. The van der Waals surface area contributed by atoms with Gasteiger partial charge in [0.15, 0.2) is 12.2 Å². The SMILES string of the molecule is CCCCCCCCCCCCCCCCCCCCCCCCC(=O)O[C@H](COC(=O)CCCCCCCCCCCCCCCCCCCC)COP(=O)(O)OC[C@@H](O)COP(=O)(O)OC[C@@H](COC(=O)CCCCCCCCCCCC)OC(=O)CCCCCCCCCCCCCC. The van der Waals surface area contributed by atoms with Crippen molar-refractivity contribution in [3.63, 3.8) is 0 Å². The summed E-state index contributed by atoms with van der Waals surface area (Å²) in [5.41, 5.74) is 0. The summed E-state index contributed by atoms with van der Waals surface area (Å²) in [6.07, 6.45) is 70.9. The zero-order chi connectivity index (χ0) is 74.6. The number of hydrogen-bond acceptors (Lipinski definition) is 15. The van der Waals surface area contributed by atoms with Gasteiger partial charge in [-0.1, -0.05) is 400 Å². The summed E-state index contributed by atoms with van der Waals surface area (Å²) >= 11 is 0. The maximum Gasteiger partial charge on any atom is 0.472 e. The van der Waals surface area contributed by atoms with Crippen LogP contribution in [0.15, 0.2) is 0 Å². The fourth-order valence-electron chi connectivity index (χ4n) is 13.0. The molecular formula is C83H162O17P2. The predicted molar refractivity (Wildman–Crippen MR) is 419 cm³/mol. The molecule has 19 heteroatoms. The fraction of sp³-hybridized carbons (Fsp3) is 0.952. The molecule has 0 heterocycles. The van der Waals surface area contributed by atoms with Crippen molar-refractivity contribution >= 4 is 39.5 Å². The molecule has 0 aliphatic rings. The summed E-state index contributed by atoms with van der Waals surface area (Å²) in [7, 11) is -9.92. The molecule has 0 aliphatic heterocycles. The molecule has 0 aliphatic carbocycles. The molecule has 0 spiro atoms. The highest BCUT2D eigenvalue weighted by Crippen LogP contribution is 2.45. The largest absolute Gasteiger partial charge is 0.472 e. The van der Waals surface area contributed by atoms with Crippen LogP contribution in [0.5, 0.6) is 0 Å². The molecule has 0 fully saturated rings. The maximum absolute atomic E-state index is 13.1. The van der Waals surface area contributed by atoms with Gasteiger partial charge in [-0.05, 0) is 25.7 Å². The molecule has 0 bridgehead atoms. The van der Waals surface area contributed by atoms with E-state index in [1.54, 1.807) is 0 Å². The van der Waals surface area contributed by atoms with Crippen LogP contribution in [-0.4, -0.2) is 96.7 Å². The van der Waals surface area contributed by atoms with Crippen molar-refractivity contribution in [2.24, 2.45) is 0 Å². The lowest BCUT2D eigenvalue weighted by molar-refractivity contribution is -0.161. The van der Waals surface area contributed by atoms with Crippen LogP contribution in [0.3, 0.4) is 0 Å². The number of carbonyl (C=O) groups excluding carboxylic acids is 4. The van der Waals surface area contributed by atoms with Gasteiger partial charge in [0.05, 0.1) is 26.4 Å². The molecule has 102 heavy (non-hydrogen) atoms. The van der Waals surface area contributed by atoms with E-state index in [4.69, 9.17) is 37.0 Å².